The molecule has 0 rings (SSSR count). The van der Waals surface area contributed by atoms with Crippen molar-refractivity contribution < 1.29 is 5.11 Å². The zero-order chi connectivity index (χ0) is 15.6. The van der Waals surface area contributed by atoms with E-state index < -0.39 is 0 Å². The topological polar surface area (TPSA) is 20.2 Å². The van der Waals surface area contributed by atoms with E-state index in [2.05, 4.69) is 13.5 Å². The number of aliphatic hydroxyl groups is 1. The van der Waals surface area contributed by atoms with Crippen LogP contribution in [0.4, 0.5) is 0 Å². The summed E-state index contributed by atoms with van der Waals surface area (Å²) in [4.78, 5) is 0. The molecule has 0 fully saturated rings. The van der Waals surface area contributed by atoms with Gasteiger partial charge in [-0.2, -0.15) is 0 Å². The van der Waals surface area contributed by atoms with Gasteiger partial charge in [-0.3, -0.25) is 0 Å². The van der Waals surface area contributed by atoms with E-state index in [1.807, 2.05) is 0 Å². The van der Waals surface area contributed by atoms with E-state index in [1.165, 1.54) is 96.3 Å². The van der Waals surface area contributed by atoms with E-state index in [-0.39, 0.29) is 26.6 Å². The average Bonchev–Trinajstić information content (AvgIpc) is 2.46. The van der Waals surface area contributed by atoms with Crippen LogP contribution in [0.25, 0.3) is 0 Å². The van der Waals surface area contributed by atoms with Gasteiger partial charge in [0.2, 0.25) is 0 Å². The van der Waals surface area contributed by atoms with Crippen LogP contribution in [-0.2, 0) is 0 Å². The average molecular weight is 508 g/mol. The van der Waals surface area contributed by atoms with E-state index in [0.29, 0.717) is 5.76 Å². The Hall–Kier alpha value is 0.436. The first-order valence-corrected chi connectivity index (χ1v) is 9.64. The van der Waals surface area contributed by atoms with E-state index in [9.17, 15) is 0 Å². The molecule has 1 nitrogen and oxygen atoms in total. The van der Waals surface area contributed by atoms with Gasteiger partial charge in [0.25, 0.3) is 0 Å². The minimum absolute atomic E-state index is 0. The van der Waals surface area contributed by atoms with Crippen molar-refractivity contribution in [2.75, 3.05) is 0 Å². The SMILES string of the molecule is C=C(O)CCCCCCCCCCCCCCCCCC.[PoH2]. The van der Waals surface area contributed by atoms with Gasteiger partial charge in [0.05, 0.1) is 5.76 Å². The van der Waals surface area contributed by atoms with E-state index in [4.69, 9.17) is 5.11 Å². The molecule has 0 saturated heterocycles. The zero-order valence-corrected chi connectivity index (χ0v) is 19.1. The second-order valence-corrected chi connectivity index (χ2v) is 6.62. The van der Waals surface area contributed by atoms with Crippen LogP contribution in [0.5, 0.6) is 0 Å². The predicted molar refractivity (Wildman–Crippen MR) is 104 cm³/mol. The third-order valence-electron chi connectivity index (χ3n) is 4.32. The first-order valence-electron chi connectivity index (χ1n) is 9.64. The monoisotopic (exact) mass is 507 g/mol. The summed E-state index contributed by atoms with van der Waals surface area (Å²) in [5, 5.41) is 8.97. The van der Waals surface area contributed by atoms with Gasteiger partial charge in [-0.25, -0.2) is 0 Å². The van der Waals surface area contributed by atoms with E-state index in [1.54, 1.807) is 0 Å². The molecule has 0 aromatic carbocycles. The molecule has 0 aromatic rings. The molecule has 0 spiro atoms. The van der Waals surface area contributed by atoms with Crippen molar-refractivity contribution in [2.45, 2.75) is 116 Å². The molecule has 0 amide bonds. The van der Waals surface area contributed by atoms with Crippen molar-refractivity contribution in [3.63, 3.8) is 0 Å². The van der Waals surface area contributed by atoms with Crippen molar-refractivity contribution in [3.05, 3.63) is 12.3 Å². The van der Waals surface area contributed by atoms with Gasteiger partial charge in [-0.15, -0.1) is 0 Å². The molecule has 1 N–H and O–H groups in total. The van der Waals surface area contributed by atoms with Gasteiger partial charge in [-0.05, 0) is 6.42 Å². The summed E-state index contributed by atoms with van der Waals surface area (Å²) in [7, 11) is 0. The Bertz CT molecular complexity index is 216. The van der Waals surface area contributed by atoms with Crippen molar-refractivity contribution >= 4 is 26.6 Å². The number of hydrogen-bond donors (Lipinski definition) is 1. The maximum atomic E-state index is 8.97. The van der Waals surface area contributed by atoms with E-state index in [0.717, 1.165) is 12.8 Å². The molecule has 0 heterocycles. The van der Waals surface area contributed by atoms with Gasteiger partial charge in [-0.1, -0.05) is 110 Å². The van der Waals surface area contributed by atoms with Crippen molar-refractivity contribution in [1.82, 2.24) is 0 Å². The molecule has 2 heteroatoms. The fourth-order valence-electron chi connectivity index (χ4n) is 2.88. The molecule has 0 aromatic heterocycles. The minimum atomic E-state index is 0. The number of allylic oxidation sites excluding steroid dienone is 1. The zero-order valence-electron chi connectivity index (χ0n) is 15.2. The van der Waals surface area contributed by atoms with Gasteiger partial charge in [0.1, 0.15) is 0 Å². The van der Waals surface area contributed by atoms with Crippen LogP contribution in [0, 0.1) is 0 Å². The number of rotatable bonds is 17. The van der Waals surface area contributed by atoms with Crippen molar-refractivity contribution in [3.8, 4) is 0 Å². The second-order valence-electron chi connectivity index (χ2n) is 6.62. The normalized spacial score (nSPS) is 10.4. The van der Waals surface area contributed by atoms with Crippen molar-refractivity contribution in [2.24, 2.45) is 0 Å². The van der Waals surface area contributed by atoms with Crippen LogP contribution in [0.1, 0.15) is 116 Å². The summed E-state index contributed by atoms with van der Waals surface area (Å²) in [5.74, 6) is 0.348. The molecular weight excluding hydrogens is 465 g/mol. The Morgan fingerprint density at radius 1 is 0.591 bits per heavy atom. The summed E-state index contributed by atoms with van der Waals surface area (Å²) in [6.07, 6.45) is 23.0. The number of unbranched alkanes of at least 4 members (excludes halogenated alkanes) is 15. The summed E-state index contributed by atoms with van der Waals surface area (Å²) >= 11 is 0. The Kier molecular flexibility index (Phi) is 24.1. The molecule has 0 saturated carbocycles. The van der Waals surface area contributed by atoms with Crippen LogP contribution in [0.3, 0.4) is 0 Å². The first kappa shape index (κ1) is 24.7. The van der Waals surface area contributed by atoms with Crippen LogP contribution >= 0.6 is 0 Å². The van der Waals surface area contributed by atoms with Crippen molar-refractivity contribution in [1.29, 1.82) is 0 Å². The first-order chi connectivity index (χ1) is 10.3. The third kappa shape index (κ3) is 22.7. The van der Waals surface area contributed by atoms with Crippen LogP contribution < -0.4 is 0 Å². The maximum absolute atomic E-state index is 8.97. The second kappa shape index (κ2) is 21.4. The third-order valence-corrected chi connectivity index (χ3v) is 4.32. The molecule has 0 unspecified atom stereocenters. The van der Waals surface area contributed by atoms with Gasteiger partial charge >= 0.3 is 26.6 Å². The van der Waals surface area contributed by atoms with Gasteiger partial charge in [0, 0.05) is 6.42 Å². The quantitative estimate of drug-likeness (QED) is 0.170. The Balaban J connectivity index is 0. The molecule has 0 atom stereocenters. The Labute approximate surface area is 159 Å². The molecule has 0 radical (unpaired) electrons. The van der Waals surface area contributed by atoms with Gasteiger partial charge in [0.15, 0.2) is 0 Å². The molecule has 22 heavy (non-hydrogen) atoms. The summed E-state index contributed by atoms with van der Waals surface area (Å²) in [5.41, 5.74) is 0. The standard InChI is InChI=1S/C20H40O.Po.2H/c1-3-4-5-6-7-8-9-10-11-12-13-14-15-16-17-18-19-20(2)21;;;/h21H,2-19H2,1H3;;;. The summed E-state index contributed by atoms with van der Waals surface area (Å²) in [6.45, 7) is 5.80. The predicted octanol–water partition coefficient (Wildman–Crippen LogP) is 6.79. The molecule has 0 aliphatic rings. The Morgan fingerprint density at radius 3 is 1.14 bits per heavy atom. The summed E-state index contributed by atoms with van der Waals surface area (Å²) in [6, 6.07) is 0. The molecule has 0 aliphatic heterocycles. The fraction of sp³-hybridized carbons (Fsp3) is 0.900. The molecule has 0 bridgehead atoms. The molecular formula is C20H42OPo. The van der Waals surface area contributed by atoms with Crippen LogP contribution in [0.2, 0.25) is 0 Å². The molecule has 0 aliphatic carbocycles. The number of hydrogen-bond acceptors (Lipinski definition) is 1. The van der Waals surface area contributed by atoms with E-state index >= 15 is 0 Å². The molecule has 134 valence electrons. The fourth-order valence-corrected chi connectivity index (χ4v) is 2.88. The van der Waals surface area contributed by atoms with Gasteiger partial charge < -0.3 is 5.11 Å². The van der Waals surface area contributed by atoms with Crippen LogP contribution in [-0.4, -0.2) is 31.7 Å². The van der Waals surface area contributed by atoms with Crippen LogP contribution in [0.15, 0.2) is 12.3 Å². The Morgan fingerprint density at radius 2 is 0.864 bits per heavy atom. The summed E-state index contributed by atoms with van der Waals surface area (Å²) < 4.78 is 0. The number of aliphatic hydroxyl groups excluding tert-OH is 1.